The number of nitrogens with one attached hydrogen (secondary N) is 1. The molecule has 1 saturated carbocycles. The molecule has 0 radical (unpaired) electrons. The van der Waals surface area contributed by atoms with Crippen LogP contribution in [0.15, 0.2) is 72.1 Å². The molecule has 32 heavy (non-hydrogen) atoms. The Morgan fingerprint density at radius 1 is 1.00 bits per heavy atom. The highest BCUT2D eigenvalue weighted by molar-refractivity contribution is 7.10. The van der Waals surface area contributed by atoms with Crippen LogP contribution in [0.25, 0.3) is 0 Å². The van der Waals surface area contributed by atoms with Crippen molar-refractivity contribution in [2.24, 2.45) is 0 Å². The van der Waals surface area contributed by atoms with Gasteiger partial charge in [-0.15, -0.1) is 11.3 Å². The molecule has 2 heterocycles. The van der Waals surface area contributed by atoms with Gasteiger partial charge in [0.25, 0.3) is 5.91 Å². The number of hydrogen-bond acceptors (Lipinski definition) is 3. The summed E-state index contributed by atoms with van der Waals surface area (Å²) >= 11 is 1.63. The third-order valence-corrected chi connectivity index (χ3v) is 7.81. The molecular formula is C27H28N2O2S. The smallest absolute Gasteiger partial charge is 0.254 e. The molecular weight excluding hydrogens is 416 g/mol. The molecule has 5 heteroatoms. The van der Waals surface area contributed by atoms with Crippen LogP contribution in [0.5, 0.6) is 0 Å². The van der Waals surface area contributed by atoms with Crippen LogP contribution < -0.4 is 5.32 Å². The van der Waals surface area contributed by atoms with Crippen molar-refractivity contribution in [3.8, 4) is 0 Å². The number of amides is 2. The number of carbonyl (C=O) groups is 2. The molecule has 3 aromatic rings. The monoisotopic (exact) mass is 444 g/mol. The molecule has 2 aliphatic rings. The second-order valence-corrected chi connectivity index (χ2v) is 9.80. The van der Waals surface area contributed by atoms with Gasteiger partial charge in [0, 0.05) is 16.5 Å². The molecule has 1 aromatic heterocycles. The molecule has 2 aromatic carbocycles. The molecule has 4 nitrogen and oxygen atoms in total. The largest absolute Gasteiger partial charge is 0.349 e. The summed E-state index contributed by atoms with van der Waals surface area (Å²) in [5.41, 5.74) is 2.57. The van der Waals surface area contributed by atoms with Crippen molar-refractivity contribution >= 4 is 23.2 Å². The number of fused-ring (bicyclic) bond motifs is 1. The van der Waals surface area contributed by atoms with Gasteiger partial charge >= 0.3 is 0 Å². The van der Waals surface area contributed by atoms with Crippen LogP contribution in [-0.2, 0) is 4.79 Å². The molecule has 2 amide bonds. The number of rotatable bonds is 5. The van der Waals surface area contributed by atoms with Gasteiger partial charge in [-0.3, -0.25) is 9.59 Å². The first-order valence-electron chi connectivity index (χ1n) is 11.5. The zero-order valence-corrected chi connectivity index (χ0v) is 19.1. The summed E-state index contributed by atoms with van der Waals surface area (Å²) in [4.78, 5) is 30.7. The van der Waals surface area contributed by atoms with Crippen LogP contribution in [0.1, 0.15) is 77.0 Å². The second kappa shape index (κ2) is 8.91. The highest BCUT2D eigenvalue weighted by Gasteiger charge is 2.47. The average molecular weight is 445 g/mol. The Labute approximate surface area is 193 Å². The maximum atomic E-state index is 13.9. The molecule has 1 N–H and O–H groups in total. The Morgan fingerprint density at radius 2 is 1.72 bits per heavy atom. The van der Waals surface area contributed by atoms with E-state index < -0.39 is 5.92 Å². The molecule has 1 fully saturated rings. The van der Waals surface area contributed by atoms with E-state index in [4.69, 9.17) is 0 Å². The van der Waals surface area contributed by atoms with E-state index in [0.29, 0.717) is 5.56 Å². The van der Waals surface area contributed by atoms with Crippen molar-refractivity contribution in [3.63, 3.8) is 0 Å². The van der Waals surface area contributed by atoms with E-state index in [1.807, 2.05) is 77.9 Å². The van der Waals surface area contributed by atoms with Crippen molar-refractivity contribution in [2.75, 3.05) is 0 Å². The number of thiophene rings is 1. The summed E-state index contributed by atoms with van der Waals surface area (Å²) in [5, 5.41) is 5.29. The zero-order valence-electron chi connectivity index (χ0n) is 18.2. The predicted molar refractivity (Wildman–Crippen MR) is 128 cm³/mol. The molecule has 0 unspecified atom stereocenters. The van der Waals surface area contributed by atoms with Crippen LogP contribution in [0.4, 0.5) is 0 Å². The van der Waals surface area contributed by atoms with Crippen molar-refractivity contribution in [1.29, 1.82) is 0 Å². The van der Waals surface area contributed by atoms with E-state index in [-0.39, 0.29) is 29.9 Å². The van der Waals surface area contributed by atoms with Crippen molar-refractivity contribution in [1.82, 2.24) is 10.2 Å². The summed E-state index contributed by atoms with van der Waals surface area (Å²) in [6.07, 6.45) is 4.28. The molecule has 0 bridgehead atoms. The quantitative estimate of drug-likeness (QED) is 0.537. The van der Waals surface area contributed by atoms with E-state index in [2.05, 4.69) is 11.4 Å². The minimum atomic E-state index is -0.436. The minimum Gasteiger partial charge on any atom is -0.349 e. The van der Waals surface area contributed by atoms with Gasteiger partial charge in [0.1, 0.15) is 0 Å². The number of hydrogen-bond donors (Lipinski definition) is 1. The lowest BCUT2D eigenvalue weighted by atomic mass is 9.80. The van der Waals surface area contributed by atoms with Crippen LogP contribution in [-0.4, -0.2) is 22.8 Å². The Kier molecular flexibility index (Phi) is 5.83. The molecule has 5 rings (SSSR count). The zero-order chi connectivity index (χ0) is 22.1. The van der Waals surface area contributed by atoms with E-state index in [1.54, 1.807) is 11.3 Å². The standard InChI is InChI=1S/C27H28N2O2S/c1-18(19-10-3-2-4-11-19)28-26(30)24-21-14-7-8-15-22(21)27(31)29(20-12-5-6-13-20)25(24)23-16-9-17-32-23/h2-4,7-11,14-18,20,24-25H,5-6,12-13H2,1H3,(H,28,30)/t18-,24+,25-/m0/s1. The van der Waals surface area contributed by atoms with Crippen LogP contribution in [0.2, 0.25) is 0 Å². The third-order valence-electron chi connectivity index (χ3n) is 6.87. The Hall–Kier alpha value is -2.92. The summed E-state index contributed by atoms with van der Waals surface area (Å²) in [5.74, 6) is -0.400. The summed E-state index contributed by atoms with van der Waals surface area (Å²) in [6, 6.07) is 21.6. The fourth-order valence-electron chi connectivity index (χ4n) is 5.31. The molecule has 0 spiro atoms. The first-order chi connectivity index (χ1) is 15.6. The average Bonchev–Trinajstić information content (AvgIpc) is 3.54. The molecule has 0 saturated heterocycles. The lowest BCUT2D eigenvalue weighted by Gasteiger charge is -2.44. The normalized spacial score (nSPS) is 21.9. The summed E-state index contributed by atoms with van der Waals surface area (Å²) in [7, 11) is 0. The highest BCUT2D eigenvalue weighted by atomic mass is 32.1. The number of carbonyl (C=O) groups excluding carboxylic acids is 2. The van der Waals surface area contributed by atoms with Gasteiger partial charge in [-0.2, -0.15) is 0 Å². The molecule has 164 valence electrons. The predicted octanol–water partition coefficient (Wildman–Crippen LogP) is 5.85. The Balaban J connectivity index is 1.58. The highest BCUT2D eigenvalue weighted by Crippen LogP contribution is 2.47. The van der Waals surface area contributed by atoms with Gasteiger partial charge in [-0.25, -0.2) is 0 Å². The van der Waals surface area contributed by atoms with Crippen molar-refractivity contribution < 1.29 is 9.59 Å². The fraction of sp³-hybridized carbons (Fsp3) is 0.333. The van der Waals surface area contributed by atoms with Gasteiger partial charge in [-0.05, 0) is 48.4 Å². The van der Waals surface area contributed by atoms with Crippen LogP contribution in [0.3, 0.4) is 0 Å². The summed E-state index contributed by atoms with van der Waals surface area (Å²) < 4.78 is 0. The Bertz CT molecular complexity index is 1090. The van der Waals surface area contributed by atoms with Crippen LogP contribution >= 0.6 is 11.3 Å². The van der Waals surface area contributed by atoms with Crippen molar-refractivity contribution in [3.05, 3.63) is 93.7 Å². The van der Waals surface area contributed by atoms with Crippen LogP contribution in [0, 0.1) is 0 Å². The lowest BCUT2D eigenvalue weighted by Crippen LogP contribution is -2.50. The van der Waals surface area contributed by atoms with Gasteiger partial charge in [-0.1, -0.05) is 67.4 Å². The Morgan fingerprint density at radius 3 is 2.44 bits per heavy atom. The van der Waals surface area contributed by atoms with E-state index in [0.717, 1.165) is 41.7 Å². The van der Waals surface area contributed by atoms with Crippen molar-refractivity contribution in [2.45, 2.75) is 56.7 Å². The maximum Gasteiger partial charge on any atom is 0.254 e. The van der Waals surface area contributed by atoms with E-state index in [9.17, 15) is 9.59 Å². The van der Waals surface area contributed by atoms with E-state index in [1.165, 1.54) is 0 Å². The topological polar surface area (TPSA) is 49.4 Å². The van der Waals surface area contributed by atoms with Gasteiger partial charge in [0.15, 0.2) is 0 Å². The number of benzene rings is 2. The second-order valence-electron chi connectivity index (χ2n) is 8.82. The maximum absolute atomic E-state index is 13.9. The first-order valence-corrected chi connectivity index (χ1v) is 12.3. The molecule has 3 atom stereocenters. The summed E-state index contributed by atoms with van der Waals surface area (Å²) in [6.45, 7) is 2.02. The van der Waals surface area contributed by atoms with Gasteiger partial charge in [0.2, 0.25) is 5.91 Å². The van der Waals surface area contributed by atoms with E-state index >= 15 is 0 Å². The fourth-order valence-corrected chi connectivity index (χ4v) is 6.17. The van der Waals surface area contributed by atoms with Gasteiger partial charge < -0.3 is 10.2 Å². The first kappa shape index (κ1) is 21.0. The SMILES string of the molecule is C[C@H](NC(=O)[C@@H]1c2ccccc2C(=O)N(C2CCCC2)[C@H]1c1cccs1)c1ccccc1. The third kappa shape index (κ3) is 3.75. The number of nitrogens with zero attached hydrogens (tertiary/aromatic N) is 1. The molecule has 1 aliphatic carbocycles. The molecule has 1 aliphatic heterocycles. The minimum absolute atomic E-state index is 0.0253. The van der Waals surface area contributed by atoms with Gasteiger partial charge in [0.05, 0.1) is 18.0 Å². The lowest BCUT2D eigenvalue weighted by molar-refractivity contribution is -0.125.